The van der Waals surface area contributed by atoms with E-state index in [0.717, 1.165) is 6.42 Å². The van der Waals surface area contributed by atoms with Crippen LogP contribution in [0, 0.1) is 6.92 Å². The van der Waals surface area contributed by atoms with E-state index in [4.69, 9.17) is 4.74 Å². The lowest BCUT2D eigenvalue weighted by molar-refractivity contribution is 0.0172. The molecule has 1 fully saturated rings. The molecule has 25 heavy (non-hydrogen) atoms. The van der Waals surface area contributed by atoms with Gasteiger partial charge in [-0.3, -0.25) is 4.90 Å². The number of aryl methyl sites for hydroxylation is 1. The Balaban J connectivity index is 1.73. The normalized spacial score (nSPS) is 24.3. The Labute approximate surface area is 149 Å². The third kappa shape index (κ3) is 2.72. The Kier molecular flexibility index (Phi) is 3.64. The summed E-state index contributed by atoms with van der Waals surface area (Å²) >= 11 is 0. The molecule has 3 nitrogen and oxygen atoms in total. The van der Waals surface area contributed by atoms with Gasteiger partial charge in [-0.1, -0.05) is 54.1 Å². The summed E-state index contributed by atoms with van der Waals surface area (Å²) in [5.74, 6) is 0.327. The molecule has 0 aromatic heterocycles. The van der Waals surface area contributed by atoms with Gasteiger partial charge in [0.05, 0.1) is 12.1 Å². The zero-order chi connectivity index (χ0) is 17.8. The molecule has 2 bridgehead atoms. The molecule has 130 valence electrons. The highest BCUT2D eigenvalue weighted by Crippen LogP contribution is 2.59. The molecule has 2 aliphatic rings. The first-order chi connectivity index (χ1) is 11.8. The molecule has 3 atom stereocenters. The Morgan fingerprint density at radius 3 is 2.32 bits per heavy atom. The van der Waals surface area contributed by atoms with Crippen LogP contribution in [-0.2, 0) is 4.74 Å². The van der Waals surface area contributed by atoms with Crippen molar-refractivity contribution in [1.82, 2.24) is 4.90 Å². The highest BCUT2D eigenvalue weighted by molar-refractivity contribution is 5.73. The molecule has 3 heteroatoms. The number of amides is 1. The number of hydrogen-bond acceptors (Lipinski definition) is 2. The maximum Gasteiger partial charge on any atom is 0.411 e. The fraction of sp³-hybridized carbons (Fsp3) is 0.409. The van der Waals surface area contributed by atoms with Gasteiger partial charge in [0.1, 0.15) is 5.60 Å². The first kappa shape index (κ1) is 16.2. The minimum Gasteiger partial charge on any atom is -0.444 e. The molecule has 3 unspecified atom stereocenters. The molecule has 0 N–H and O–H groups in total. The topological polar surface area (TPSA) is 29.5 Å². The summed E-state index contributed by atoms with van der Waals surface area (Å²) in [4.78, 5) is 14.9. The second-order valence-corrected chi connectivity index (χ2v) is 8.23. The molecule has 2 heterocycles. The van der Waals surface area contributed by atoms with Crippen LogP contribution in [0.2, 0.25) is 0 Å². The van der Waals surface area contributed by atoms with Gasteiger partial charge in [-0.15, -0.1) is 0 Å². The van der Waals surface area contributed by atoms with E-state index >= 15 is 0 Å². The number of fused-ring (bicyclic) bond motifs is 5. The van der Waals surface area contributed by atoms with Gasteiger partial charge >= 0.3 is 6.09 Å². The summed E-state index contributed by atoms with van der Waals surface area (Å²) in [5, 5.41) is 0. The van der Waals surface area contributed by atoms with Gasteiger partial charge in [0, 0.05) is 5.92 Å². The van der Waals surface area contributed by atoms with Crippen LogP contribution in [0.5, 0.6) is 0 Å². The summed E-state index contributed by atoms with van der Waals surface area (Å²) in [5.41, 5.74) is 4.64. The van der Waals surface area contributed by atoms with Gasteiger partial charge in [0.25, 0.3) is 0 Å². The average Bonchev–Trinajstić information content (AvgIpc) is 3.08. The summed E-state index contributed by atoms with van der Waals surface area (Å²) in [6.07, 6.45) is 0.762. The number of benzene rings is 2. The molecule has 1 saturated heterocycles. The van der Waals surface area contributed by atoms with Gasteiger partial charge in [0.15, 0.2) is 0 Å². The fourth-order valence-corrected chi connectivity index (χ4v) is 4.29. The molecular formula is C22H25NO2. The van der Waals surface area contributed by atoms with E-state index in [0.29, 0.717) is 5.92 Å². The Hall–Kier alpha value is -2.29. The van der Waals surface area contributed by atoms with Gasteiger partial charge in [-0.25, -0.2) is 4.79 Å². The smallest absolute Gasteiger partial charge is 0.411 e. The molecular weight excluding hydrogens is 310 g/mol. The van der Waals surface area contributed by atoms with E-state index in [1.165, 1.54) is 22.3 Å². The van der Waals surface area contributed by atoms with E-state index in [-0.39, 0.29) is 18.2 Å². The highest BCUT2D eigenvalue weighted by Gasteiger charge is 2.53. The van der Waals surface area contributed by atoms with Crippen molar-refractivity contribution in [2.24, 2.45) is 0 Å². The largest absolute Gasteiger partial charge is 0.444 e. The van der Waals surface area contributed by atoms with Crippen LogP contribution in [0.4, 0.5) is 4.79 Å². The molecule has 0 saturated carbocycles. The molecule has 0 spiro atoms. The minimum atomic E-state index is -0.481. The van der Waals surface area contributed by atoms with Crippen molar-refractivity contribution in [3.05, 3.63) is 70.8 Å². The van der Waals surface area contributed by atoms with Crippen LogP contribution < -0.4 is 0 Å². The fourth-order valence-electron chi connectivity index (χ4n) is 4.29. The number of nitrogens with zero attached hydrogens (tertiary/aromatic N) is 1. The number of carbonyl (C=O) groups excluding carboxylic acids is 1. The quantitative estimate of drug-likeness (QED) is 0.687. The maximum atomic E-state index is 12.9. The molecule has 0 aliphatic carbocycles. The summed E-state index contributed by atoms with van der Waals surface area (Å²) in [6.45, 7) is 7.88. The molecule has 2 aromatic carbocycles. The van der Waals surface area contributed by atoms with Gasteiger partial charge in [-0.05, 0) is 50.8 Å². The SMILES string of the molecule is Cc1ccc(C2CC3c4ccccc4C2N3C(=O)OC(C)(C)C)cc1. The second-order valence-electron chi connectivity index (χ2n) is 8.23. The predicted molar refractivity (Wildman–Crippen MR) is 98.5 cm³/mol. The van der Waals surface area contributed by atoms with Gasteiger partial charge < -0.3 is 4.74 Å². The van der Waals surface area contributed by atoms with Gasteiger partial charge in [0.2, 0.25) is 0 Å². The third-order valence-electron chi connectivity index (χ3n) is 5.28. The Bertz CT molecular complexity index is 804. The number of hydrogen-bond donors (Lipinski definition) is 0. The van der Waals surface area contributed by atoms with Crippen molar-refractivity contribution in [2.75, 3.05) is 0 Å². The standard InChI is InChI=1S/C22H25NO2/c1-14-9-11-15(12-10-14)18-13-19-16-7-5-6-8-17(16)20(18)23(19)21(24)25-22(2,3)4/h5-12,18-20H,13H2,1-4H3. The van der Waals surface area contributed by atoms with E-state index < -0.39 is 5.60 Å². The van der Waals surface area contributed by atoms with Crippen molar-refractivity contribution >= 4 is 6.09 Å². The Morgan fingerprint density at radius 1 is 1.04 bits per heavy atom. The zero-order valence-electron chi connectivity index (χ0n) is 15.3. The zero-order valence-corrected chi connectivity index (χ0v) is 15.3. The van der Waals surface area contributed by atoms with Crippen LogP contribution in [-0.4, -0.2) is 16.6 Å². The lowest BCUT2D eigenvalue weighted by atomic mass is 9.80. The van der Waals surface area contributed by atoms with Crippen molar-refractivity contribution in [1.29, 1.82) is 0 Å². The first-order valence-electron chi connectivity index (χ1n) is 9.02. The number of ether oxygens (including phenoxy) is 1. The average molecular weight is 335 g/mol. The summed E-state index contributed by atoms with van der Waals surface area (Å²) in [7, 11) is 0. The molecule has 4 rings (SSSR count). The molecule has 2 aromatic rings. The van der Waals surface area contributed by atoms with Crippen LogP contribution >= 0.6 is 0 Å². The number of rotatable bonds is 1. The van der Waals surface area contributed by atoms with Gasteiger partial charge in [-0.2, -0.15) is 0 Å². The number of carbonyl (C=O) groups is 1. The van der Waals surface area contributed by atoms with E-state index in [9.17, 15) is 4.79 Å². The monoisotopic (exact) mass is 335 g/mol. The van der Waals surface area contributed by atoms with Crippen molar-refractivity contribution in [3.63, 3.8) is 0 Å². The lowest BCUT2D eigenvalue weighted by Crippen LogP contribution is -2.35. The van der Waals surface area contributed by atoms with E-state index in [1.54, 1.807) is 0 Å². The maximum absolute atomic E-state index is 12.9. The van der Waals surface area contributed by atoms with Crippen molar-refractivity contribution in [2.45, 2.75) is 57.7 Å². The lowest BCUT2D eigenvalue weighted by Gasteiger charge is -2.29. The summed E-state index contributed by atoms with van der Waals surface area (Å²) < 4.78 is 5.72. The van der Waals surface area contributed by atoms with Crippen LogP contribution in [0.25, 0.3) is 0 Å². The van der Waals surface area contributed by atoms with Crippen molar-refractivity contribution < 1.29 is 9.53 Å². The third-order valence-corrected chi connectivity index (χ3v) is 5.28. The molecule has 0 radical (unpaired) electrons. The molecule has 2 aliphatic heterocycles. The second kappa shape index (κ2) is 5.62. The summed E-state index contributed by atoms with van der Waals surface area (Å²) in [6, 6.07) is 17.4. The van der Waals surface area contributed by atoms with Crippen LogP contribution in [0.3, 0.4) is 0 Å². The molecule has 1 amide bonds. The van der Waals surface area contributed by atoms with E-state index in [1.807, 2.05) is 25.7 Å². The predicted octanol–water partition coefficient (Wildman–Crippen LogP) is 5.52. The highest BCUT2D eigenvalue weighted by atomic mass is 16.6. The minimum absolute atomic E-state index is 0.0683. The van der Waals surface area contributed by atoms with Crippen LogP contribution in [0.1, 0.15) is 67.4 Å². The van der Waals surface area contributed by atoms with E-state index in [2.05, 4.69) is 55.5 Å². The first-order valence-corrected chi connectivity index (χ1v) is 9.02. The van der Waals surface area contributed by atoms with Crippen molar-refractivity contribution in [3.8, 4) is 0 Å². The Morgan fingerprint density at radius 2 is 1.68 bits per heavy atom. The van der Waals surface area contributed by atoms with Crippen LogP contribution in [0.15, 0.2) is 48.5 Å².